The van der Waals surface area contributed by atoms with E-state index < -0.39 is 29.1 Å². The summed E-state index contributed by atoms with van der Waals surface area (Å²) in [4.78, 5) is 40.6. The Morgan fingerprint density at radius 2 is 1.63 bits per heavy atom. The minimum atomic E-state index is -1.39. The molecule has 4 rings (SSSR count). The van der Waals surface area contributed by atoms with Gasteiger partial charge in [0.25, 0.3) is 5.91 Å². The molecule has 0 bridgehead atoms. The van der Waals surface area contributed by atoms with Crippen LogP contribution in [0.2, 0.25) is 0 Å². The summed E-state index contributed by atoms with van der Waals surface area (Å²) in [6.07, 6.45) is 1.75. The first-order chi connectivity index (χ1) is 16.8. The van der Waals surface area contributed by atoms with Crippen LogP contribution in [-0.2, 0) is 22.2 Å². The van der Waals surface area contributed by atoms with Crippen molar-refractivity contribution in [2.24, 2.45) is 7.05 Å². The fraction of sp³-hybridized carbons (Fsp3) is 0.500. The zero-order chi connectivity index (χ0) is 26.2. The van der Waals surface area contributed by atoms with Crippen molar-refractivity contribution < 1.29 is 23.2 Å². The van der Waals surface area contributed by atoms with E-state index in [4.69, 9.17) is 0 Å². The van der Waals surface area contributed by atoms with E-state index in [0.717, 1.165) is 6.07 Å². The van der Waals surface area contributed by atoms with Crippen molar-refractivity contribution in [3.8, 4) is 0 Å². The first-order valence-electron chi connectivity index (χ1n) is 11.9. The van der Waals surface area contributed by atoms with E-state index in [0.29, 0.717) is 37.6 Å². The van der Waals surface area contributed by atoms with E-state index in [2.05, 4.69) is 15.7 Å². The fourth-order valence-electron chi connectivity index (χ4n) is 4.01. The molecule has 1 unspecified atom stereocenters. The molecule has 2 fully saturated rings. The first kappa shape index (κ1) is 27.7. The summed E-state index contributed by atoms with van der Waals surface area (Å²) in [7, 11) is 1.70. The molecule has 1 aromatic carbocycles. The van der Waals surface area contributed by atoms with Gasteiger partial charge in [-0.2, -0.15) is 5.10 Å². The Bertz CT molecular complexity index is 1020. The van der Waals surface area contributed by atoms with E-state index in [-0.39, 0.29) is 18.7 Å². The number of aromatic nitrogens is 2. The number of hydrogen-bond donors (Lipinski definition) is 2. The number of piperazine rings is 1. The average Bonchev–Trinajstić information content (AvgIpc) is 3.42. The maximum absolute atomic E-state index is 13.5. The second-order valence-corrected chi connectivity index (χ2v) is 7.68. The second kappa shape index (κ2) is 12.3. The van der Waals surface area contributed by atoms with Crippen LogP contribution in [0.25, 0.3) is 0 Å². The smallest absolute Gasteiger partial charge is 0.322 e. The highest BCUT2D eigenvalue weighted by Gasteiger charge is 2.49. The number of amides is 4. The lowest BCUT2D eigenvalue weighted by Crippen LogP contribution is -2.50. The van der Waals surface area contributed by atoms with Gasteiger partial charge in [0.05, 0.1) is 5.69 Å². The summed E-state index contributed by atoms with van der Waals surface area (Å²) >= 11 is 0. The van der Waals surface area contributed by atoms with Crippen molar-refractivity contribution in [1.82, 2.24) is 25.3 Å². The maximum Gasteiger partial charge on any atom is 0.322 e. The molecule has 2 aromatic rings. The first-order valence-corrected chi connectivity index (χ1v) is 11.9. The highest BCUT2D eigenvalue weighted by molar-refractivity contribution is 6.07. The van der Waals surface area contributed by atoms with Crippen LogP contribution < -0.4 is 15.5 Å². The number of nitrogens with one attached hydrogen (secondary N) is 2. The summed E-state index contributed by atoms with van der Waals surface area (Å²) < 4.78 is 28.5. The third-order valence-corrected chi connectivity index (χ3v) is 5.65. The zero-order valence-electron chi connectivity index (χ0n) is 20.9. The van der Waals surface area contributed by atoms with E-state index in [1.165, 1.54) is 16.8 Å². The van der Waals surface area contributed by atoms with E-state index >= 15 is 0 Å². The number of halogens is 2. The summed E-state index contributed by atoms with van der Waals surface area (Å²) in [5.74, 6) is -2.01. The number of nitrogens with zero attached hydrogens (tertiary/aromatic N) is 4. The van der Waals surface area contributed by atoms with E-state index in [1.54, 1.807) is 24.2 Å². The van der Waals surface area contributed by atoms with Crippen molar-refractivity contribution >= 4 is 23.5 Å². The Balaban J connectivity index is 0.00000103. The number of anilines is 1. The van der Waals surface area contributed by atoms with Gasteiger partial charge in [-0.25, -0.2) is 13.6 Å². The van der Waals surface area contributed by atoms with Gasteiger partial charge in [0, 0.05) is 57.6 Å². The van der Waals surface area contributed by atoms with Crippen LogP contribution >= 0.6 is 0 Å². The number of imide groups is 1. The lowest BCUT2D eigenvalue weighted by Gasteiger charge is -2.36. The normalized spacial score (nSPS) is 19.2. The van der Waals surface area contributed by atoms with Crippen LogP contribution in [0.1, 0.15) is 46.2 Å². The summed E-state index contributed by atoms with van der Waals surface area (Å²) in [6.45, 7) is 9.62. The Morgan fingerprint density at radius 1 is 1.03 bits per heavy atom. The van der Waals surface area contributed by atoms with Gasteiger partial charge in [-0.3, -0.25) is 19.6 Å². The third-order valence-electron chi connectivity index (χ3n) is 5.65. The molecule has 0 aliphatic carbocycles. The minimum absolute atomic E-state index is 0.0267. The van der Waals surface area contributed by atoms with Crippen LogP contribution in [0, 0.1) is 11.6 Å². The van der Waals surface area contributed by atoms with Crippen molar-refractivity contribution in [2.45, 2.75) is 46.1 Å². The number of hydrogen-bond acceptors (Lipinski definition) is 5. The molecule has 2 saturated heterocycles. The second-order valence-electron chi connectivity index (χ2n) is 7.68. The molecule has 2 N–H and O–H groups in total. The maximum atomic E-state index is 13.5. The quantitative estimate of drug-likeness (QED) is 0.626. The van der Waals surface area contributed by atoms with Gasteiger partial charge in [0.15, 0.2) is 5.54 Å². The highest BCUT2D eigenvalue weighted by Crippen LogP contribution is 2.29. The van der Waals surface area contributed by atoms with Crippen LogP contribution in [-0.4, -0.2) is 58.7 Å². The van der Waals surface area contributed by atoms with Gasteiger partial charge in [-0.1, -0.05) is 27.7 Å². The Hall–Kier alpha value is -3.50. The lowest BCUT2D eigenvalue weighted by atomic mass is 9.89. The van der Waals surface area contributed by atoms with Gasteiger partial charge in [0.1, 0.15) is 11.6 Å². The fourth-order valence-corrected chi connectivity index (χ4v) is 4.01. The highest BCUT2D eigenvalue weighted by atomic mass is 19.1. The van der Waals surface area contributed by atoms with Gasteiger partial charge in [-0.05, 0) is 24.6 Å². The molecule has 1 aromatic heterocycles. The monoisotopic (exact) mass is 492 g/mol. The van der Waals surface area contributed by atoms with Crippen molar-refractivity contribution in [1.29, 1.82) is 0 Å². The molecule has 3 heterocycles. The molecule has 11 heteroatoms. The van der Waals surface area contributed by atoms with Crippen LogP contribution in [0.3, 0.4) is 0 Å². The predicted octanol–water partition coefficient (Wildman–Crippen LogP) is 2.91. The third kappa shape index (κ3) is 6.34. The lowest BCUT2D eigenvalue weighted by molar-refractivity contribution is -0.132. The molecule has 4 amide bonds. The molecule has 192 valence electrons. The predicted molar refractivity (Wildman–Crippen MR) is 129 cm³/mol. The van der Waals surface area contributed by atoms with E-state index in [9.17, 15) is 23.2 Å². The standard InChI is InChI=1S/C20H22F2N6O3.2C2H6/c1-26-5-3-16(25-26)20(18(30)23-19(31)24-20)4-2-17(29)28-8-6-27(7-9-28)15-11-13(21)10-14(22)12-15;2*1-2/h3,5,10-12H,2,4,6-9H2,1H3,(H2,23,24,30,31);2*1-2H3. The molecule has 0 radical (unpaired) electrons. The number of urea groups is 1. The van der Waals surface area contributed by atoms with E-state index in [1.807, 2.05) is 32.6 Å². The average molecular weight is 493 g/mol. The molecule has 35 heavy (non-hydrogen) atoms. The molecule has 9 nitrogen and oxygen atoms in total. The molecule has 2 aliphatic rings. The van der Waals surface area contributed by atoms with Crippen molar-refractivity contribution in [3.05, 3.63) is 47.8 Å². The summed E-state index contributed by atoms with van der Waals surface area (Å²) in [5.41, 5.74) is -0.595. The van der Waals surface area contributed by atoms with Crippen LogP contribution in [0.5, 0.6) is 0 Å². The zero-order valence-corrected chi connectivity index (χ0v) is 20.9. The number of aryl methyl sites for hydroxylation is 1. The van der Waals surface area contributed by atoms with Gasteiger partial charge in [0.2, 0.25) is 5.91 Å². The topological polar surface area (TPSA) is 99.6 Å². The Kier molecular flexibility index (Phi) is 9.73. The molecule has 1 atom stereocenters. The van der Waals surface area contributed by atoms with Crippen molar-refractivity contribution in [2.75, 3.05) is 31.1 Å². The number of carbonyl (C=O) groups excluding carboxylic acids is 3. The minimum Gasteiger partial charge on any atom is -0.368 e. The molecule has 0 spiro atoms. The van der Waals surface area contributed by atoms with Gasteiger partial charge >= 0.3 is 6.03 Å². The molecule has 2 aliphatic heterocycles. The Morgan fingerprint density at radius 3 is 2.11 bits per heavy atom. The summed E-state index contributed by atoms with van der Waals surface area (Å²) in [6, 6.07) is 4.35. The summed E-state index contributed by atoms with van der Waals surface area (Å²) in [5, 5.41) is 9.09. The van der Waals surface area contributed by atoms with Gasteiger partial charge in [-0.15, -0.1) is 0 Å². The molecular weight excluding hydrogens is 458 g/mol. The molecular formula is C24H34F2N6O3. The SMILES string of the molecule is CC.CC.Cn1ccc(C2(CCC(=O)N3CCN(c4cc(F)cc(F)c4)CC3)NC(=O)NC2=O)n1. The van der Waals surface area contributed by atoms with Crippen LogP contribution in [0.4, 0.5) is 19.3 Å². The number of benzene rings is 1. The largest absolute Gasteiger partial charge is 0.368 e. The van der Waals surface area contributed by atoms with Gasteiger partial charge < -0.3 is 15.1 Å². The van der Waals surface area contributed by atoms with Crippen LogP contribution in [0.15, 0.2) is 30.5 Å². The van der Waals surface area contributed by atoms with Crippen molar-refractivity contribution in [3.63, 3.8) is 0 Å². The molecule has 0 saturated carbocycles. The Labute approximate surface area is 204 Å². The number of carbonyl (C=O) groups is 3. The number of rotatable bonds is 5.